The predicted octanol–water partition coefficient (Wildman–Crippen LogP) is 6.94. The van der Waals surface area contributed by atoms with Crippen LogP contribution in [0.4, 0.5) is 5.69 Å². The summed E-state index contributed by atoms with van der Waals surface area (Å²) in [5.41, 5.74) is 5.52. The first-order valence-corrected chi connectivity index (χ1v) is 11.2. The molecule has 0 bridgehead atoms. The van der Waals surface area contributed by atoms with Crippen LogP contribution in [0.3, 0.4) is 0 Å². The van der Waals surface area contributed by atoms with Gasteiger partial charge in [0, 0.05) is 23.2 Å². The first kappa shape index (κ1) is 19.9. The number of nitrogens with one attached hydrogen (secondary N) is 1. The maximum Gasteiger partial charge on any atom is 0.162 e. The van der Waals surface area contributed by atoms with Crippen molar-refractivity contribution in [3.8, 4) is 5.75 Å². The average Bonchev–Trinajstić information content (AvgIpc) is 2.76. The molecule has 3 aromatic carbocycles. The summed E-state index contributed by atoms with van der Waals surface area (Å²) in [6.07, 6.45) is 2.48. The molecule has 0 radical (unpaired) electrons. The lowest BCUT2D eigenvalue weighted by molar-refractivity contribution is -0.118. The highest BCUT2D eigenvalue weighted by molar-refractivity contribution is 6.12. The third-order valence-electron chi connectivity index (χ3n) is 6.43. The molecule has 1 aliphatic carbocycles. The smallest absolute Gasteiger partial charge is 0.162 e. The SMILES string of the molecule is CCCOc1ccc([C@@H]2Nc3ccc4ccccc4c3C3=C2C(=O)CC(C)(C)C3)cc1. The molecule has 5 rings (SSSR count). The van der Waals surface area contributed by atoms with Gasteiger partial charge in [-0.15, -0.1) is 0 Å². The van der Waals surface area contributed by atoms with Crippen molar-refractivity contribution in [2.24, 2.45) is 5.41 Å². The van der Waals surface area contributed by atoms with Gasteiger partial charge in [-0.3, -0.25) is 4.79 Å². The molecule has 3 nitrogen and oxygen atoms in total. The second kappa shape index (κ2) is 7.56. The maximum atomic E-state index is 13.5. The Morgan fingerprint density at radius 1 is 1.00 bits per heavy atom. The Morgan fingerprint density at radius 3 is 2.55 bits per heavy atom. The Hall–Kier alpha value is -3.07. The van der Waals surface area contributed by atoms with Gasteiger partial charge in [0.25, 0.3) is 0 Å². The molecule has 3 heteroatoms. The van der Waals surface area contributed by atoms with Crippen molar-refractivity contribution < 1.29 is 9.53 Å². The summed E-state index contributed by atoms with van der Waals surface area (Å²) in [5, 5.41) is 6.13. The lowest BCUT2D eigenvalue weighted by atomic mass is 9.68. The molecule has 0 spiro atoms. The number of hydrogen-bond donors (Lipinski definition) is 1. The van der Waals surface area contributed by atoms with Crippen molar-refractivity contribution in [3.63, 3.8) is 0 Å². The van der Waals surface area contributed by atoms with Crippen LogP contribution in [0.15, 0.2) is 66.2 Å². The molecule has 1 N–H and O–H groups in total. The van der Waals surface area contributed by atoms with Crippen molar-refractivity contribution in [3.05, 3.63) is 77.4 Å². The van der Waals surface area contributed by atoms with Crippen LogP contribution in [-0.2, 0) is 4.79 Å². The molecule has 1 heterocycles. The van der Waals surface area contributed by atoms with Crippen molar-refractivity contribution >= 4 is 27.8 Å². The number of rotatable bonds is 4. The standard InChI is InChI=1S/C28H29NO2/c1-4-15-31-20-12-9-19(10-13-20)27-26-22(16-28(2,3)17-24(26)30)25-21-8-6-5-7-18(21)11-14-23(25)29-27/h5-14,27,29H,4,15-17H2,1-3H3/t27-/m0/s1. The molecule has 2 aliphatic rings. The topological polar surface area (TPSA) is 38.3 Å². The Labute approximate surface area is 184 Å². The van der Waals surface area contributed by atoms with E-state index in [1.165, 1.54) is 21.9 Å². The molecule has 31 heavy (non-hydrogen) atoms. The highest BCUT2D eigenvalue weighted by Gasteiger charge is 2.40. The van der Waals surface area contributed by atoms with Crippen molar-refractivity contribution in [1.29, 1.82) is 0 Å². The van der Waals surface area contributed by atoms with Gasteiger partial charge in [0.15, 0.2) is 5.78 Å². The van der Waals surface area contributed by atoms with E-state index in [9.17, 15) is 4.79 Å². The van der Waals surface area contributed by atoms with Gasteiger partial charge in [-0.1, -0.05) is 63.2 Å². The Morgan fingerprint density at radius 2 is 1.77 bits per heavy atom. The number of benzene rings is 3. The Kier molecular flexibility index (Phi) is 4.85. The zero-order chi connectivity index (χ0) is 21.6. The van der Waals surface area contributed by atoms with Gasteiger partial charge in [0.2, 0.25) is 0 Å². The van der Waals surface area contributed by atoms with Crippen molar-refractivity contribution in [1.82, 2.24) is 0 Å². The molecule has 0 fully saturated rings. The molecule has 0 unspecified atom stereocenters. The summed E-state index contributed by atoms with van der Waals surface area (Å²) in [7, 11) is 0. The lowest BCUT2D eigenvalue weighted by Crippen LogP contribution is -2.33. The van der Waals surface area contributed by atoms with Gasteiger partial charge in [-0.2, -0.15) is 0 Å². The van der Waals surface area contributed by atoms with E-state index in [0.717, 1.165) is 35.4 Å². The molecular formula is C28H29NO2. The quantitative estimate of drug-likeness (QED) is 0.505. The number of ketones is 1. The number of allylic oxidation sites excluding steroid dienone is 1. The van der Waals surface area contributed by atoms with E-state index >= 15 is 0 Å². The molecule has 3 aromatic rings. The summed E-state index contributed by atoms with van der Waals surface area (Å²) < 4.78 is 5.76. The van der Waals surface area contributed by atoms with Crippen molar-refractivity contribution in [2.75, 3.05) is 11.9 Å². The molecular weight excluding hydrogens is 382 g/mol. The first-order chi connectivity index (χ1) is 15.0. The average molecular weight is 412 g/mol. The fourth-order valence-electron chi connectivity index (χ4n) is 5.06. The Bertz CT molecular complexity index is 1190. The number of hydrogen-bond acceptors (Lipinski definition) is 3. The van der Waals surface area contributed by atoms with Crippen LogP contribution < -0.4 is 10.1 Å². The minimum absolute atomic E-state index is 0.0378. The lowest BCUT2D eigenvalue weighted by Gasteiger charge is -2.40. The van der Waals surface area contributed by atoms with E-state index < -0.39 is 0 Å². The minimum atomic E-state index is -0.132. The number of Topliss-reactive ketones (excluding diaryl/α,β-unsaturated/α-hetero) is 1. The van der Waals surface area contributed by atoms with Gasteiger partial charge in [0.1, 0.15) is 5.75 Å². The van der Waals surface area contributed by atoms with Gasteiger partial charge < -0.3 is 10.1 Å². The molecule has 0 amide bonds. The van der Waals surface area contributed by atoms with Gasteiger partial charge in [-0.25, -0.2) is 0 Å². The third kappa shape index (κ3) is 3.52. The fourth-order valence-corrected chi connectivity index (χ4v) is 5.06. The van der Waals surface area contributed by atoms with E-state index in [1.807, 2.05) is 12.1 Å². The van der Waals surface area contributed by atoms with Crippen molar-refractivity contribution in [2.45, 2.75) is 46.1 Å². The fraction of sp³-hybridized carbons (Fsp3) is 0.321. The number of carbonyl (C=O) groups is 1. The highest BCUT2D eigenvalue weighted by atomic mass is 16.5. The van der Waals surface area contributed by atoms with Crippen LogP contribution in [0.25, 0.3) is 16.3 Å². The number of fused-ring (bicyclic) bond motifs is 4. The second-order valence-corrected chi connectivity index (χ2v) is 9.54. The molecule has 0 saturated heterocycles. The van der Waals surface area contributed by atoms with Crippen LogP contribution in [0.1, 0.15) is 57.2 Å². The minimum Gasteiger partial charge on any atom is -0.494 e. The molecule has 1 aliphatic heterocycles. The van der Waals surface area contributed by atoms with E-state index in [1.54, 1.807) is 0 Å². The highest BCUT2D eigenvalue weighted by Crippen LogP contribution is 2.52. The molecule has 0 aromatic heterocycles. The number of ether oxygens (including phenoxy) is 1. The van der Waals surface area contributed by atoms with Gasteiger partial charge in [0.05, 0.1) is 12.6 Å². The summed E-state index contributed by atoms with van der Waals surface area (Å²) in [6, 6.07) is 20.9. The summed E-state index contributed by atoms with van der Waals surface area (Å²) in [5.74, 6) is 1.13. The number of carbonyl (C=O) groups excluding carboxylic acids is 1. The summed E-state index contributed by atoms with van der Waals surface area (Å²) in [6.45, 7) is 7.22. The van der Waals surface area contributed by atoms with E-state index in [4.69, 9.17) is 4.74 Å². The van der Waals surface area contributed by atoms with Gasteiger partial charge in [-0.05, 0) is 58.4 Å². The van der Waals surface area contributed by atoms with Crippen LogP contribution >= 0.6 is 0 Å². The normalized spacial score (nSPS) is 19.6. The second-order valence-electron chi connectivity index (χ2n) is 9.54. The Balaban J connectivity index is 1.66. The van der Waals surface area contributed by atoms with Crippen LogP contribution in [0, 0.1) is 5.41 Å². The van der Waals surface area contributed by atoms with E-state index in [2.05, 4.69) is 74.6 Å². The first-order valence-electron chi connectivity index (χ1n) is 11.2. The molecule has 0 saturated carbocycles. The molecule has 1 atom stereocenters. The van der Waals surface area contributed by atoms with Crippen LogP contribution in [-0.4, -0.2) is 12.4 Å². The zero-order valence-corrected chi connectivity index (χ0v) is 18.5. The van der Waals surface area contributed by atoms with Gasteiger partial charge >= 0.3 is 0 Å². The van der Waals surface area contributed by atoms with Crippen LogP contribution in [0.2, 0.25) is 0 Å². The van der Waals surface area contributed by atoms with E-state index in [0.29, 0.717) is 13.0 Å². The third-order valence-corrected chi connectivity index (χ3v) is 6.43. The van der Waals surface area contributed by atoms with Crippen LogP contribution in [0.5, 0.6) is 5.75 Å². The summed E-state index contributed by atoms with van der Waals surface area (Å²) in [4.78, 5) is 13.5. The summed E-state index contributed by atoms with van der Waals surface area (Å²) >= 11 is 0. The van der Waals surface area contributed by atoms with E-state index in [-0.39, 0.29) is 17.2 Å². The molecule has 158 valence electrons. The zero-order valence-electron chi connectivity index (χ0n) is 18.5. The number of anilines is 1. The monoisotopic (exact) mass is 411 g/mol. The largest absolute Gasteiger partial charge is 0.494 e. The predicted molar refractivity (Wildman–Crippen MR) is 127 cm³/mol. The maximum absolute atomic E-state index is 13.5.